The van der Waals surface area contributed by atoms with Crippen LogP contribution in [0.1, 0.15) is 16.8 Å². The smallest absolute Gasteiger partial charge is 0.252 e. The van der Waals surface area contributed by atoms with Crippen molar-refractivity contribution in [2.75, 3.05) is 37.6 Å². The van der Waals surface area contributed by atoms with Crippen molar-refractivity contribution in [1.29, 1.82) is 0 Å². The van der Waals surface area contributed by atoms with Gasteiger partial charge in [0.05, 0.1) is 42.7 Å². The van der Waals surface area contributed by atoms with Crippen molar-refractivity contribution in [3.8, 4) is 0 Å². The first kappa shape index (κ1) is 22.8. The Morgan fingerprint density at radius 1 is 1.33 bits per heavy atom. The van der Waals surface area contributed by atoms with E-state index in [2.05, 4.69) is 20.7 Å². The molecule has 0 bridgehead atoms. The molecule has 10 nitrogen and oxygen atoms in total. The number of fused-ring (bicyclic) bond motifs is 1. The van der Waals surface area contributed by atoms with E-state index in [1.807, 2.05) is 0 Å². The summed E-state index contributed by atoms with van der Waals surface area (Å²) < 4.78 is 41.1. The fourth-order valence-corrected chi connectivity index (χ4v) is 3.72. The van der Waals surface area contributed by atoms with E-state index in [0.717, 1.165) is 6.07 Å². The molecular weight excluding hydrogens is 436 g/mol. The number of primary amides is 1. The highest BCUT2D eigenvalue weighted by molar-refractivity contribution is 6.00. The van der Waals surface area contributed by atoms with Crippen LogP contribution in [-0.2, 0) is 16.0 Å². The van der Waals surface area contributed by atoms with Crippen molar-refractivity contribution < 1.29 is 23.0 Å². The van der Waals surface area contributed by atoms with Crippen molar-refractivity contribution >= 4 is 34.1 Å². The quantitative estimate of drug-likeness (QED) is 0.397. The predicted molar refractivity (Wildman–Crippen MR) is 118 cm³/mol. The number of hydrogen-bond donors (Lipinski definition) is 4. The molecule has 1 aliphatic heterocycles. The zero-order valence-electron chi connectivity index (χ0n) is 18.0. The number of nitrogens with zero attached hydrogens (tertiary/aromatic N) is 3. The Morgan fingerprint density at radius 2 is 2.15 bits per heavy atom. The molecule has 2 aromatic heterocycles. The average molecular weight is 461 g/mol. The molecule has 176 valence electrons. The van der Waals surface area contributed by atoms with Gasteiger partial charge in [0.2, 0.25) is 0 Å². The maximum atomic E-state index is 14.7. The van der Waals surface area contributed by atoms with E-state index in [0.29, 0.717) is 49.4 Å². The highest BCUT2D eigenvalue weighted by Crippen LogP contribution is 2.30. The number of carbonyl (C=O) groups excluding carboxylic acids is 1. The zero-order chi connectivity index (χ0) is 23.5. The molecule has 0 unspecified atom stereocenters. The molecule has 4 rings (SSSR count). The summed E-state index contributed by atoms with van der Waals surface area (Å²) in [4.78, 5) is 16.2. The molecule has 1 fully saturated rings. The number of halogens is 2. The summed E-state index contributed by atoms with van der Waals surface area (Å²) >= 11 is 0. The van der Waals surface area contributed by atoms with E-state index < -0.39 is 17.5 Å². The second-order valence-corrected chi connectivity index (χ2v) is 7.73. The topological polar surface area (TPSA) is 142 Å². The number of hydrogen-bond acceptors (Lipinski definition) is 8. The summed E-state index contributed by atoms with van der Waals surface area (Å²) in [5.74, 6) is -2.30. The predicted octanol–water partition coefficient (Wildman–Crippen LogP) is 1.73. The minimum atomic E-state index is -0.887. The van der Waals surface area contributed by atoms with Gasteiger partial charge in [-0.15, -0.1) is 0 Å². The van der Waals surface area contributed by atoms with Crippen LogP contribution in [0.4, 0.5) is 26.1 Å². The number of rotatable bonds is 8. The fourth-order valence-electron chi connectivity index (χ4n) is 3.72. The summed E-state index contributed by atoms with van der Waals surface area (Å²) in [6.45, 7) is 1.62. The van der Waals surface area contributed by atoms with Crippen molar-refractivity contribution in [2.45, 2.75) is 25.0 Å². The number of pyridine rings is 1. The zero-order valence-corrected chi connectivity index (χ0v) is 18.0. The number of carbonyl (C=O) groups is 1. The highest BCUT2D eigenvalue weighted by Gasteiger charge is 2.25. The number of nitrogens with one attached hydrogen (secondary N) is 2. The molecule has 6 N–H and O–H groups in total. The van der Waals surface area contributed by atoms with Gasteiger partial charge < -0.3 is 31.6 Å². The van der Waals surface area contributed by atoms with Crippen LogP contribution in [0.2, 0.25) is 0 Å². The van der Waals surface area contributed by atoms with E-state index in [4.69, 9.17) is 20.9 Å². The lowest BCUT2D eigenvalue weighted by Crippen LogP contribution is -2.47. The van der Waals surface area contributed by atoms with E-state index >= 15 is 0 Å². The minimum absolute atomic E-state index is 0.0245. The number of benzene rings is 1. The average Bonchev–Trinajstić information content (AvgIpc) is 3.18. The number of nitrogens with two attached hydrogens (primary N) is 2. The number of anilines is 3. The molecule has 3 heterocycles. The Morgan fingerprint density at radius 3 is 2.88 bits per heavy atom. The first-order valence-electron chi connectivity index (χ1n) is 10.4. The van der Waals surface area contributed by atoms with Crippen LogP contribution < -0.4 is 22.1 Å². The van der Waals surface area contributed by atoms with E-state index in [1.54, 1.807) is 18.0 Å². The third-order valence-corrected chi connectivity index (χ3v) is 5.45. The molecule has 2 atom stereocenters. The Labute approximate surface area is 188 Å². The highest BCUT2D eigenvalue weighted by atomic mass is 19.1. The first-order valence-corrected chi connectivity index (χ1v) is 10.4. The molecule has 33 heavy (non-hydrogen) atoms. The second kappa shape index (κ2) is 9.65. The lowest BCUT2D eigenvalue weighted by molar-refractivity contribution is 0.0751. The Bertz CT molecular complexity index is 1170. The van der Waals surface area contributed by atoms with Gasteiger partial charge in [0.1, 0.15) is 11.6 Å². The van der Waals surface area contributed by atoms with Gasteiger partial charge in [0.15, 0.2) is 11.6 Å². The molecule has 0 spiro atoms. The largest absolute Gasteiger partial charge is 0.383 e. The van der Waals surface area contributed by atoms with Crippen molar-refractivity contribution in [3.63, 3.8) is 0 Å². The fraction of sp³-hybridized carbons (Fsp3) is 0.381. The van der Waals surface area contributed by atoms with Crippen LogP contribution in [0.25, 0.3) is 10.9 Å². The van der Waals surface area contributed by atoms with Crippen LogP contribution in [-0.4, -0.2) is 59.7 Å². The molecule has 1 aromatic carbocycles. The molecular formula is C21H25F2N7O3. The summed E-state index contributed by atoms with van der Waals surface area (Å²) in [5.41, 5.74) is 12.1. The summed E-state index contributed by atoms with van der Waals surface area (Å²) in [6.07, 6.45) is 2.12. The molecule has 0 radical (unpaired) electrons. The molecule has 12 heteroatoms. The standard InChI is InChI=1S/C21H25F2N7O3/c1-32-5-3-30-18-7-11(22)6-17(13(18)9-26-30)28-20-12(19(25)31)8-14(23)21(29-20)27-16-2-4-33-10-15(16)24/h6-9,15-16H,2-5,10,24H2,1H3,(H2,25,31)(H2,27,28,29)/t15-,16+/m0/s1. The summed E-state index contributed by atoms with van der Waals surface area (Å²) in [7, 11) is 1.56. The SMILES string of the molecule is COCCn1ncc2c(Nc3nc(N[C@@H]4CCOC[C@@H]4N)c(F)cc3C(N)=O)cc(F)cc21. The number of methoxy groups -OCH3 is 1. The van der Waals surface area contributed by atoms with Crippen molar-refractivity contribution in [2.24, 2.45) is 11.5 Å². The van der Waals surface area contributed by atoms with Crippen LogP contribution in [0.3, 0.4) is 0 Å². The normalized spacial score (nSPS) is 18.4. The van der Waals surface area contributed by atoms with Crippen molar-refractivity contribution in [1.82, 2.24) is 14.8 Å². The first-order chi connectivity index (χ1) is 15.9. The monoisotopic (exact) mass is 461 g/mol. The third kappa shape index (κ3) is 4.87. The van der Waals surface area contributed by atoms with Gasteiger partial charge in [-0.2, -0.15) is 5.10 Å². The second-order valence-electron chi connectivity index (χ2n) is 7.73. The summed E-state index contributed by atoms with van der Waals surface area (Å²) in [6, 6.07) is 2.95. The van der Waals surface area contributed by atoms with E-state index in [9.17, 15) is 13.6 Å². The van der Waals surface area contributed by atoms with Gasteiger partial charge in [0.25, 0.3) is 5.91 Å². The van der Waals surface area contributed by atoms with Gasteiger partial charge in [-0.05, 0) is 24.6 Å². The maximum absolute atomic E-state index is 14.7. The third-order valence-electron chi connectivity index (χ3n) is 5.45. The van der Waals surface area contributed by atoms with Gasteiger partial charge >= 0.3 is 0 Å². The number of aromatic nitrogens is 3. The van der Waals surface area contributed by atoms with Crippen LogP contribution >= 0.6 is 0 Å². The van der Waals surface area contributed by atoms with E-state index in [1.165, 1.54) is 12.1 Å². The van der Waals surface area contributed by atoms with Gasteiger partial charge in [-0.1, -0.05) is 0 Å². The van der Waals surface area contributed by atoms with E-state index in [-0.39, 0.29) is 29.3 Å². The Hall–Kier alpha value is -3.35. The molecule has 0 saturated carbocycles. The molecule has 1 saturated heterocycles. The van der Waals surface area contributed by atoms with Crippen LogP contribution in [0.15, 0.2) is 24.4 Å². The van der Waals surface area contributed by atoms with Crippen LogP contribution in [0, 0.1) is 11.6 Å². The van der Waals surface area contributed by atoms with Crippen molar-refractivity contribution in [3.05, 3.63) is 41.6 Å². The van der Waals surface area contributed by atoms with Gasteiger partial charge in [-0.3, -0.25) is 9.48 Å². The molecule has 1 aliphatic rings. The molecule has 3 aromatic rings. The summed E-state index contributed by atoms with van der Waals surface area (Å²) in [5, 5.41) is 10.8. The maximum Gasteiger partial charge on any atom is 0.252 e. The number of amides is 1. The lowest BCUT2D eigenvalue weighted by atomic mass is 10.0. The molecule has 0 aliphatic carbocycles. The van der Waals surface area contributed by atoms with Crippen LogP contribution in [0.5, 0.6) is 0 Å². The van der Waals surface area contributed by atoms with Gasteiger partial charge in [-0.25, -0.2) is 13.8 Å². The lowest BCUT2D eigenvalue weighted by Gasteiger charge is -2.30. The molecule has 1 amide bonds. The minimum Gasteiger partial charge on any atom is -0.383 e. The Balaban J connectivity index is 1.71. The number of ether oxygens (including phenoxy) is 2. The van der Waals surface area contributed by atoms with Gasteiger partial charge in [0, 0.05) is 31.2 Å². The Kier molecular flexibility index (Phi) is 6.67.